The van der Waals surface area contributed by atoms with Crippen LogP contribution in [0.15, 0.2) is 0 Å². The van der Waals surface area contributed by atoms with Crippen LogP contribution in [0.1, 0.15) is 59.8 Å². The third kappa shape index (κ3) is 3.75. The van der Waals surface area contributed by atoms with Gasteiger partial charge in [0.1, 0.15) is 0 Å². The summed E-state index contributed by atoms with van der Waals surface area (Å²) >= 11 is 0. The Hall–Kier alpha value is -0.120. The third-order valence-electron chi connectivity index (χ3n) is 5.32. The molecule has 3 heteroatoms. The SMILES string of the molecule is COC1CCN(C2CC(C)(C)CC(C)(C)C2)C(CN)C1. The number of likely N-dealkylation sites (tertiary alicyclic amines) is 1. The van der Waals surface area contributed by atoms with E-state index >= 15 is 0 Å². The summed E-state index contributed by atoms with van der Waals surface area (Å²) in [6.07, 6.45) is 6.62. The predicted octanol–water partition coefficient (Wildman–Crippen LogP) is 3.03. The molecule has 2 fully saturated rings. The van der Waals surface area contributed by atoms with Gasteiger partial charge in [0.15, 0.2) is 0 Å². The molecule has 1 aliphatic heterocycles. The lowest BCUT2D eigenvalue weighted by Gasteiger charge is -2.52. The number of rotatable bonds is 3. The van der Waals surface area contributed by atoms with Crippen LogP contribution in [-0.4, -0.2) is 43.3 Å². The first-order valence-corrected chi connectivity index (χ1v) is 8.25. The van der Waals surface area contributed by atoms with Gasteiger partial charge in [-0.3, -0.25) is 4.90 Å². The number of hydrogen-bond donors (Lipinski definition) is 1. The lowest BCUT2D eigenvalue weighted by Crippen LogP contribution is -2.56. The van der Waals surface area contributed by atoms with Crippen molar-refractivity contribution in [1.29, 1.82) is 0 Å². The van der Waals surface area contributed by atoms with Gasteiger partial charge in [0.05, 0.1) is 6.10 Å². The van der Waals surface area contributed by atoms with E-state index in [4.69, 9.17) is 10.5 Å². The predicted molar refractivity (Wildman–Crippen MR) is 84.8 cm³/mol. The summed E-state index contributed by atoms with van der Waals surface area (Å²) in [4.78, 5) is 2.71. The van der Waals surface area contributed by atoms with Crippen molar-refractivity contribution >= 4 is 0 Å². The summed E-state index contributed by atoms with van der Waals surface area (Å²) in [6, 6.07) is 1.20. The summed E-state index contributed by atoms with van der Waals surface area (Å²) in [5.41, 5.74) is 6.95. The van der Waals surface area contributed by atoms with E-state index in [9.17, 15) is 0 Å². The number of methoxy groups -OCH3 is 1. The van der Waals surface area contributed by atoms with Crippen molar-refractivity contribution in [2.45, 2.75) is 78.0 Å². The molecule has 0 spiro atoms. The second-order valence-corrected chi connectivity index (χ2v) is 8.58. The van der Waals surface area contributed by atoms with Gasteiger partial charge < -0.3 is 10.5 Å². The molecule has 2 N–H and O–H groups in total. The molecular formula is C17H34N2O. The molecule has 2 rings (SSSR count). The van der Waals surface area contributed by atoms with E-state index in [-0.39, 0.29) is 0 Å². The van der Waals surface area contributed by atoms with Crippen LogP contribution in [0.25, 0.3) is 0 Å². The fourth-order valence-electron chi connectivity index (χ4n) is 4.98. The van der Waals surface area contributed by atoms with Gasteiger partial charge in [-0.15, -0.1) is 0 Å². The van der Waals surface area contributed by atoms with E-state index < -0.39 is 0 Å². The normalized spacial score (nSPS) is 35.1. The van der Waals surface area contributed by atoms with Crippen LogP contribution in [0.2, 0.25) is 0 Å². The summed E-state index contributed by atoms with van der Waals surface area (Å²) < 4.78 is 5.56. The molecular weight excluding hydrogens is 248 g/mol. The molecule has 1 heterocycles. The molecule has 0 radical (unpaired) electrons. The van der Waals surface area contributed by atoms with Crippen molar-refractivity contribution in [3.05, 3.63) is 0 Å². The first-order chi connectivity index (χ1) is 9.26. The molecule has 0 amide bonds. The van der Waals surface area contributed by atoms with Gasteiger partial charge in [0, 0.05) is 32.3 Å². The molecule has 20 heavy (non-hydrogen) atoms. The van der Waals surface area contributed by atoms with Crippen molar-refractivity contribution in [2.24, 2.45) is 16.6 Å². The Morgan fingerprint density at radius 3 is 2.25 bits per heavy atom. The van der Waals surface area contributed by atoms with Gasteiger partial charge in [-0.2, -0.15) is 0 Å². The Morgan fingerprint density at radius 1 is 1.15 bits per heavy atom. The number of hydrogen-bond acceptors (Lipinski definition) is 3. The highest BCUT2D eigenvalue weighted by molar-refractivity contribution is 4.96. The van der Waals surface area contributed by atoms with Gasteiger partial charge >= 0.3 is 0 Å². The van der Waals surface area contributed by atoms with Crippen LogP contribution in [0.3, 0.4) is 0 Å². The molecule has 2 atom stereocenters. The Balaban J connectivity index is 2.09. The topological polar surface area (TPSA) is 38.5 Å². The Bertz CT molecular complexity index is 311. The zero-order valence-corrected chi connectivity index (χ0v) is 14.1. The zero-order valence-electron chi connectivity index (χ0n) is 14.1. The minimum absolute atomic E-state index is 0.407. The van der Waals surface area contributed by atoms with Crippen molar-refractivity contribution < 1.29 is 4.74 Å². The first kappa shape index (κ1) is 16.3. The highest BCUT2D eigenvalue weighted by Gasteiger charge is 2.43. The van der Waals surface area contributed by atoms with Crippen LogP contribution in [0, 0.1) is 10.8 Å². The summed E-state index contributed by atoms with van der Waals surface area (Å²) in [5.74, 6) is 0. The van der Waals surface area contributed by atoms with Crippen molar-refractivity contribution in [2.75, 3.05) is 20.2 Å². The Labute approximate surface area is 125 Å². The second kappa shape index (κ2) is 5.94. The summed E-state index contributed by atoms with van der Waals surface area (Å²) in [5, 5.41) is 0. The molecule has 118 valence electrons. The van der Waals surface area contributed by atoms with Crippen LogP contribution in [-0.2, 0) is 4.74 Å². The van der Waals surface area contributed by atoms with Gasteiger partial charge in [0.25, 0.3) is 0 Å². The highest BCUT2D eigenvalue weighted by atomic mass is 16.5. The quantitative estimate of drug-likeness (QED) is 0.864. The third-order valence-corrected chi connectivity index (χ3v) is 5.32. The summed E-state index contributed by atoms with van der Waals surface area (Å²) in [7, 11) is 1.83. The van der Waals surface area contributed by atoms with E-state index in [0.29, 0.717) is 29.0 Å². The van der Waals surface area contributed by atoms with E-state index in [1.165, 1.54) is 19.3 Å². The molecule has 0 aromatic carbocycles. The molecule has 1 saturated heterocycles. The molecule has 2 unspecified atom stereocenters. The molecule has 2 aliphatic rings. The Morgan fingerprint density at radius 2 is 1.75 bits per heavy atom. The standard InChI is InChI=1S/C17H34N2O/c1-16(2)9-14(10-17(3,4)12-16)19-7-6-15(20-5)8-13(19)11-18/h13-15H,6-12,18H2,1-5H3. The van der Waals surface area contributed by atoms with Crippen molar-refractivity contribution in [3.8, 4) is 0 Å². The number of nitrogens with two attached hydrogens (primary N) is 1. The van der Waals surface area contributed by atoms with Crippen LogP contribution in [0.4, 0.5) is 0 Å². The highest BCUT2D eigenvalue weighted by Crippen LogP contribution is 2.47. The lowest BCUT2D eigenvalue weighted by atomic mass is 9.63. The van der Waals surface area contributed by atoms with Crippen LogP contribution in [0.5, 0.6) is 0 Å². The van der Waals surface area contributed by atoms with Crippen LogP contribution >= 0.6 is 0 Å². The maximum absolute atomic E-state index is 6.06. The maximum atomic E-state index is 6.06. The number of ether oxygens (including phenoxy) is 1. The fraction of sp³-hybridized carbons (Fsp3) is 1.00. The van der Waals surface area contributed by atoms with Gasteiger partial charge in [-0.1, -0.05) is 27.7 Å². The average molecular weight is 282 g/mol. The minimum Gasteiger partial charge on any atom is -0.381 e. The average Bonchev–Trinajstić information content (AvgIpc) is 2.34. The van der Waals surface area contributed by atoms with Gasteiger partial charge in [-0.05, 0) is 42.9 Å². The summed E-state index contributed by atoms with van der Waals surface area (Å²) in [6.45, 7) is 11.6. The smallest absolute Gasteiger partial charge is 0.0599 e. The van der Waals surface area contributed by atoms with Gasteiger partial charge in [0.2, 0.25) is 0 Å². The zero-order chi connectivity index (χ0) is 15.0. The number of nitrogens with zero attached hydrogens (tertiary/aromatic N) is 1. The van der Waals surface area contributed by atoms with E-state index in [1.54, 1.807) is 0 Å². The lowest BCUT2D eigenvalue weighted by molar-refractivity contribution is -0.0429. The number of piperidine rings is 1. The minimum atomic E-state index is 0.407. The van der Waals surface area contributed by atoms with Crippen molar-refractivity contribution in [3.63, 3.8) is 0 Å². The Kier molecular flexibility index (Phi) is 4.83. The molecule has 3 nitrogen and oxygen atoms in total. The molecule has 0 aromatic heterocycles. The van der Waals surface area contributed by atoms with E-state index in [0.717, 1.165) is 25.9 Å². The van der Waals surface area contributed by atoms with E-state index in [2.05, 4.69) is 32.6 Å². The molecule has 0 bridgehead atoms. The second-order valence-electron chi connectivity index (χ2n) is 8.58. The first-order valence-electron chi connectivity index (χ1n) is 8.25. The van der Waals surface area contributed by atoms with Crippen molar-refractivity contribution in [1.82, 2.24) is 4.90 Å². The van der Waals surface area contributed by atoms with Gasteiger partial charge in [-0.25, -0.2) is 0 Å². The molecule has 1 aliphatic carbocycles. The molecule has 0 aromatic rings. The maximum Gasteiger partial charge on any atom is 0.0599 e. The fourth-order valence-corrected chi connectivity index (χ4v) is 4.98. The largest absolute Gasteiger partial charge is 0.381 e. The molecule has 1 saturated carbocycles. The van der Waals surface area contributed by atoms with E-state index in [1.807, 2.05) is 7.11 Å². The van der Waals surface area contributed by atoms with Crippen LogP contribution < -0.4 is 5.73 Å². The monoisotopic (exact) mass is 282 g/mol.